The van der Waals surface area contributed by atoms with Crippen molar-refractivity contribution in [2.45, 2.75) is 18.6 Å². The summed E-state index contributed by atoms with van der Waals surface area (Å²) in [6.45, 7) is 4.15. The molecule has 1 aromatic rings. The lowest BCUT2D eigenvalue weighted by molar-refractivity contribution is 0.340. The molecule has 5 heteroatoms. The second-order valence-corrected chi connectivity index (χ2v) is 4.29. The topological polar surface area (TPSA) is 51.0 Å². The van der Waals surface area contributed by atoms with E-state index < -0.39 is 0 Å². The molecule has 0 bridgehead atoms. The number of aromatic nitrogens is 2. The summed E-state index contributed by atoms with van der Waals surface area (Å²) in [5.74, 6) is 2.58. The van der Waals surface area contributed by atoms with Gasteiger partial charge in [0.15, 0.2) is 0 Å². The van der Waals surface area contributed by atoms with Crippen molar-refractivity contribution in [2.24, 2.45) is 5.92 Å². The highest BCUT2D eigenvalue weighted by atomic mass is 32.2. The van der Waals surface area contributed by atoms with Gasteiger partial charge in [0.2, 0.25) is 5.89 Å². The van der Waals surface area contributed by atoms with Crippen LogP contribution in [0.25, 0.3) is 0 Å². The van der Waals surface area contributed by atoms with E-state index in [1.54, 1.807) is 11.8 Å². The normalized spacial score (nSPS) is 17.3. The van der Waals surface area contributed by atoms with Crippen molar-refractivity contribution in [1.82, 2.24) is 15.5 Å². The number of nitrogens with one attached hydrogen (secondary N) is 1. The van der Waals surface area contributed by atoms with Crippen molar-refractivity contribution in [2.75, 3.05) is 18.8 Å². The first-order valence-electron chi connectivity index (χ1n) is 4.48. The molecule has 1 aliphatic rings. The number of aryl methyl sites for hydroxylation is 1. The Kier molecular flexibility index (Phi) is 2.85. The molecule has 0 aliphatic carbocycles. The fraction of sp³-hybridized carbons (Fsp3) is 0.750. The Morgan fingerprint density at radius 1 is 1.54 bits per heavy atom. The molecule has 0 aromatic carbocycles. The maximum Gasteiger partial charge on any atom is 0.276 e. The summed E-state index contributed by atoms with van der Waals surface area (Å²) in [6.07, 6.45) is 1.24. The van der Waals surface area contributed by atoms with E-state index in [1.807, 2.05) is 6.92 Å². The highest BCUT2D eigenvalue weighted by Gasteiger charge is 2.16. The minimum Gasteiger partial charge on any atom is -0.416 e. The zero-order valence-electron chi connectivity index (χ0n) is 7.62. The second kappa shape index (κ2) is 4.11. The van der Waals surface area contributed by atoms with E-state index in [2.05, 4.69) is 15.5 Å². The van der Waals surface area contributed by atoms with Crippen molar-refractivity contribution in [3.63, 3.8) is 0 Å². The van der Waals surface area contributed by atoms with Gasteiger partial charge in [0.25, 0.3) is 5.22 Å². The van der Waals surface area contributed by atoms with Crippen LogP contribution in [0.3, 0.4) is 0 Å². The van der Waals surface area contributed by atoms with Crippen LogP contribution in [0, 0.1) is 12.8 Å². The molecule has 1 aliphatic heterocycles. The first-order valence-corrected chi connectivity index (χ1v) is 5.47. The zero-order chi connectivity index (χ0) is 9.10. The number of thioether (sulfide) groups is 1. The fourth-order valence-electron chi connectivity index (χ4n) is 1.20. The molecule has 0 amide bonds. The number of nitrogens with zero attached hydrogens (tertiary/aromatic N) is 2. The number of hydrogen-bond acceptors (Lipinski definition) is 5. The van der Waals surface area contributed by atoms with E-state index in [4.69, 9.17) is 4.42 Å². The summed E-state index contributed by atoms with van der Waals surface area (Å²) in [4.78, 5) is 0. The molecule has 4 nitrogen and oxygen atoms in total. The minimum absolute atomic E-state index is 0.646. The van der Waals surface area contributed by atoms with Crippen LogP contribution in [0.1, 0.15) is 12.3 Å². The van der Waals surface area contributed by atoms with Crippen LogP contribution in [0.15, 0.2) is 9.64 Å². The van der Waals surface area contributed by atoms with Gasteiger partial charge in [-0.05, 0) is 25.4 Å². The van der Waals surface area contributed by atoms with E-state index in [1.165, 1.54) is 19.5 Å². The third-order valence-corrected chi connectivity index (χ3v) is 2.98. The standard InChI is InChI=1S/C8H13N3OS/c1-6-10-11-8(12-6)13-3-2-7-4-9-5-7/h7,9H,2-5H2,1H3. The molecule has 0 unspecified atom stereocenters. The first-order chi connectivity index (χ1) is 6.34. The number of hydrogen-bond donors (Lipinski definition) is 1. The van der Waals surface area contributed by atoms with Crippen molar-refractivity contribution in [3.05, 3.63) is 5.89 Å². The van der Waals surface area contributed by atoms with Gasteiger partial charge in [-0.3, -0.25) is 0 Å². The van der Waals surface area contributed by atoms with Gasteiger partial charge in [0, 0.05) is 12.7 Å². The van der Waals surface area contributed by atoms with E-state index in [0.29, 0.717) is 11.1 Å². The average Bonchev–Trinajstić information content (AvgIpc) is 2.42. The highest BCUT2D eigenvalue weighted by Crippen LogP contribution is 2.19. The molecule has 1 fully saturated rings. The fourth-order valence-corrected chi connectivity index (χ4v) is 2.11. The Hall–Kier alpha value is -0.550. The maximum absolute atomic E-state index is 5.24. The zero-order valence-corrected chi connectivity index (χ0v) is 8.43. The van der Waals surface area contributed by atoms with Crippen LogP contribution in [0.2, 0.25) is 0 Å². The summed E-state index contributed by atoms with van der Waals surface area (Å²) >= 11 is 1.65. The van der Waals surface area contributed by atoms with Crippen LogP contribution in [0.5, 0.6) is 0 Å². The second-order valence-electron chi connectivity index (χ2n) is 3.25. The largest absolute Gasteiger partial charge is 0.416 e. The van der Waals surface area contributed by atoms with Crippen molar-refractivity contribution in [3.8, 4) is 0 Å². The molecule has 2 rings (SSSR count). The minimum atomic E-state index is 0.646. The number of rotatable bonds is 4. The quantitative estimate of drug-likeness (QED) is 0.735. The predicted octanol–water partition coefficient (Wildman–Crippen LogP) is 1.08. The molecule has 0 radical (unpaired) electrons. The third-order valence-electron chi connectivity index (χ3n) is 2.13. The summed E-state index contributed by atoms with van der Waals surface area (Å²) < 4.78 is 5.24. The lowest BCUT2D eigenvalue weighted by Crippen LogP contribution is -2.42. The van der Waals surface area contributed by atoms with Crippen molar-refractivity contribution >= 4 is 11.8 Å². The van der Waals surface area contributed by atoms with Crippen LogP contribution >= 0.6 is 11.8 Å². The highest BCUT2D eigenvalue weighted by molar-refractivity contribution is 7.99. The van der Waals surface area contributed by atoms with Crippen molar-refractivity contribution < 1.29 is 4.42 Å². The van der Waals surface area contributed by atoms with E-state index in [-0.39, 0.29) is 0 Å². The van der Waals surface area contributed by atoms with E-state index >= 15 is 0 Å². The van der Waals surface area contributed by atoms with Crippen LogP contribution in [-0.4, -0.2) is 29.0 Å². The van der Waals surface area contributed by atoms with Gasteiger partial charge in [-0.25, -0.2) is 0 Å². The van der Waals surface area contributed by atoms with E-state index in [0.717, 1.165) is 11.7 Å². The van der Waals surface area contributed by atoms with Crippen LogP contribution in [0.4, 0.5) is 0 Å². The molecular weight excluding hydrogens is 186 g/mol. The Balaban J connectivity index is 1.67. The van der Waals surface area contributed by atoms with Gasteiger partial charge < -0.3 is 9.73 Å². The lowest BCUT2D eigenvalue weighted by Gasteiger charge is -2.26. The van der Waals surface area contributed by atoms with Gasteiger partial charge in [0.1, 0.15) is 0 Å². The molecule has 1 aromatic heterocycles. The predicted molar refractivity (Wildman–Crippen MR) is 50.7 cm³/mol. The Labute approximate surface area is 81.5 Å². The maximum atomic E-state index is 5.24. The third kappa shape index (κ3) is 2.45. The van der Waals surface area contributed by atoms with Gasteiger partial charge >= 0.3 is 0 Å². The monoisotopic (exact) mass is 199 g/mol. The molecular formula is C8H13N3OS. The smallest absolute Gasteiger partial charge is 0.276 e. The SMILES string of the molecule is Cc1nnc(SCCC2CNC2)o1. The average molecular weight is 199 g/mol. The molecule has 72 valence electrons. The molecule has 13 heavy (non-hydrogen) atoms. The van der Waals surface area contributed by atoms with Gasteiger partial charge in [-0.1, -0.05) is 11.8 Å². The summed E-state index contributed by atoms with van der Waals surface area (Å²) in [5.41, 5.74) is 0. The molecule has 0 saturated carbocycles. The Morgan fingerprint density at radius 2 is 2.38 bits per heavy atom. The lowest BCUT2D eigenvalue weighted by atomic mass is 10.0. The molecule has 1 saturated heterocycles. The Morgan fingerprint density at radius 3 is 2.92 bits per heavy atom. The summed E-state index contributed by atoms with van der Waals surface area (Å²) in [5, 5.41) is 11.6. The molecule has 0 atom stereocenters. The van der Waals surface area contributed by atoms with Crippen molar-refractivity contribution in [1.29, 1.82) is 0 Å². The first kappa shape index (κ1) is 9.02. The Bertz CT molecular complexity index is 272. The van der Waals surface area contributed by atoms with Gasteiger partial charge in [-0.2, -0.15) is 0 Å². The molecule has 1 N–H and O–H groups in total. The molecule has 2 heterocycles. The van der Waals surface area contributed by atoms with Crippen LogP contribution < -0.4 is 5.32 Å². The summed E-state index contributed by atoms with van der Waals surface area (Å²) in [6, 6.07) is 0. The molecule has 0 spiro atoms. The van der Waals surface area contributed by atoms with E-state index in [9.17, 15) is 0 Å². The van der Waals surface area contributed by atoms with Gasteiger partial charge in [0.05, 0.1) is 0 Å². The summed E-state index contributed by atoms with van der Waals surface area (Å²) in [7, 11) is 0. The van der Waals surface area contributed by atoms with Crippen LogP contribution in [-0.2, 0) is 0 Å². The van der Waals surface area contributed by atoms with Gasteiger partial charge in [-0.15, -0.1) is 10.2 Å².